The van der Waals surface area contributed by atoms with Gasteiger partial charge in [0.15, 0.2) is 0 Å². The maximum absolute atomic E-state index is 11.4. The third kappa shape index (κ3) is 5.52. The highest BCUT2D eigenvalue weighted by Crippen LogP contribution is 2.10. The van der Waals surface area contributed by atoms with Crippen LogP contribution in [0.2, 0.25) is 5.02 Å². The molecule has 1 amide bonds. The minimum Gasteiger partial charge on any atom is -0.352 e. The minimum atomic E-state index is 0.0981. The second-order valence-electron chi connectivity index (χ2n) is 3.55. The Hall–Kier alpha value is -0.540. The first-order valence-corrected chi connectivity index (χ1v) is 6.79. The molecule has 0 unspecified atom stereocenters. The number of hydrogen-bond acceptors (Lipinski definition) is 1. The molecule has 1 N–H and O–H groups in total. The molecule has 1 aromatic carbocycles. The van der Waals surface area contributed by atoms with Gasteiger partial charge in [-0.1, -0.05) is 39.7 Å². The van der Waals surface area contributed by atoms with E-state index in [1.165, 1.54) is 0 Å². The van der Waals surface area contributed by atoms with Crippen LogP contribution in [0.25, 0.3) is 0 Å². The van der Waals surface area contributed by atoms with Crippen LogP contribution in [-0.2, 0) is 11.3 Å². The van der Waals surface area contributed by atoms with Crippen molar-refractivity contribution in [3.63, 3.8) is 0 Å². The molecule has 1 rings (SSSR count). The maximum Gasteiger partial charge on any atom is 0.220 e. The van der Waals surface area contributed by atoms with Gasteiger partial charge in [-0.3, -0.25) is 4.79 Å². The first-order chi connectivity index (χ1) is 7.72. The number of carbonyl (C=O) groups excluding carboxylic acids is 1. The lowest BCUT2D eigenvalue weighted by atomic mass is 10.2. The van der Waals surface area contributed by atoms with Gasteiger partial charge in [-0.15, -0.1) is 0 Å². The summed E-state index contributed by atoms with van der Waals surface area (Å²) < 4.78 is 0. The third-order valence-corrected chi connectivity index (χ3v) is 2.96. The number of amides is 1. The lowest BCUT2D eigenvalue weighted by Gasteiger charge is -2.05. The fourth-order valence-corrected chi connectivity index (χ4v) is 1.93. The molecule has 0 bridgehead atoms. The van der Waals surface area contributed by atoms with E-state index in [9.17, 15) is 4.79 Å². The molecule has 16 heavy (non-hydrogen) atoms. The van der Waals surface area contributed by atoms with Crippen molar-refractivity contribution in [2.24, 2.45) is 0 Å². The average Bonchev–Trinajstić information content (AvgIpc) is 2.27. The standard InChI is InChI=1S/C12H15BrClNO/c13-7-2-1-6-12(16)15-9-10-4-3-5-11(14)8-10/h3-5,8H,1-2,6-7,9H2,(H,15,16). The van der Waals surface area contributed by atoms with Crippen molar-refractivity contribution in [3.05, 3.63) is 34.9 Å². The lowest BCUT2D eigenvalue weighted by Crippen LogP contribution is -2.22. The number of nitrogens with one attached hydrogen (secondary N) is 1. The van der Waals surface area contributed by atoms with Gasteiger partial charge >= 0.3 is 0 Å². The summed E-state index contributed by atoms with van der Waals surface area (Å²) in [5.74, 6) is 0.0981. The number of unbranched alkanes of at least 4 members (excludes halogenated alkanes) is 1. The van der Waals surface area contributed by atoms with Crippen LogP contribution in [0.5, 0.6) is 0 Å². The van der Waals surface area contributed by atoms with Gasteiger partial charge in [0.1, 0.15) is 0 Å². The van der Waals surface area contributed by atoms with Crippen molar-refractivity contribution < 1.29 is 4.79 Å². The molecule has 0 fully saturated rings. The summed E-state index contributed by atoms with van der Waals surface area (Å²) in [4.78, 5) is 11.4. The van der Waals surface area contributed by atoms with Crippen LogP contribution in [0.15, 0.2) is 24.3 Å². The van der Waals surface area contributed by atoms with Crippen LogP contribution in [0.1, 0.15) is 24.8 Å². The van der Waals surface area contributed by atoms with E-state index in [0.29, 0.717) is 18.0 Å². The fraction of sp³-hybridized carbons (Fsp3) is 0.417. The van der Waals surface area contributed by atoms with E-state index < -0.39 is 0 Å². The zero-order chi connectivity index (χ0) is 11.8. The molecular formula is C12H15BrClNO. The monoisotopic (exact) mass is 303 g/mol. The van der Waals surface area contributed by atoms with Gasteiger partial charge in [0.05, 0.1) is 0 Å². The second kappa shape index (κ2) is 7.69. The van der Waals surface area contributed by atoms with Gasteiger partial charge < -0.3 is 5.32 Å². The summed E-state index contributed by atoms with van der Waals surface area (Å²) in [7, 11) is 0. The Labute approximate surface area is 110 Å². The van der Waals surface area contributed by atoms with Crippen molar-refractivity contribution in [1.82, 2.24) is 5.32 Å². The Bertz CT molecular complexity index is 344. The van der Waals surface area contributed by atoms with Gasteiger partial charge in [-0.2, -0.15) is 0 Å². The van der Waals surface area contributed by atoms with Crippen LogP contribution in [0.3, 0.4) is 0 Å². The molecule has 0 saturated heterocycles. The topological polar surface area (TPSA) is 29.1 Å². The molecule has 0 atom stereocenters. The van der Waals surface area contributed by atoms with Gasteiger partial charge in [0, 0.05) is 23.3 Å². The molecule has 0 aromatic heterocycles. The first-order valence-electron chi connectivity index (χ1n) is 5.29. The van der Waals surface area contributed by atoms with Gasteiger partial charge in [-0.25, -0.2) is 0 Å². The molecule has 0 radical (unpaired) electrons. The highest BCUT2D eigenvalue weighted by atomic mass is 79.9. The molecule has 0 saturated carbocycles. The summed E-state index contributed by atoms with van der Waals surface area (Å²) in [6.07, 6.45) is 2.55. The molecule has 0 heterocycles. The molecule has 0 aliphatic heterocycles. The molecular weight excluding hydrogens is 289 g/mol. The van der Waals surface area contributed by atoms with Crippen LogP contribution < -0.4 is 5.32 Å². The van der Waals surface area contributed by atoms with E-state index in [1.807, 2.05) is 24.3 Å². The Morgan fingerprint density at radius 1 is 1.38 bits per heavy atom. The van der Waals surface area contributed by atoms with E-state index in [0.717, 1.165) is 23.7 Å². The molecule has 88 valence electrons. The van der Waals surface area contributed by atoms with E-state index in [-0.39, 0.29) is 5.91 Å². The summed E-state index contributed by atoms with van der Waals surface area (Å²) in [5.41, 5.74) is 1.03. The number of benzene rings is 1. The van der Waals surface area contributed by atoms with E-state index in [1.54, 1.807) is 0 Å². The highest BCUT2D eigenvalue weighted by Gasteiger charge is 2.01. The summed E-state index contributed by atoms with van der Waals surface area (Å²) in [6.45, 7) is 0.549. The molecule has 0 aliphatic carbocycles. The molecule has 1 aromatic rings. The van der Waals surface area contributed by atoms with Crippen molar-refractivity contribution in [2.75, 3.05) is 5.33 Å². The first kappa shape index (κ1) is 13.5. The summed E-state index contributed by atoms with van der Waals surface area (Å²) in [5, 5.41) is 4.53. The zero-order valence-corrected chi connectivity index (χ0v) is 11.4. The summed E-state index contributed by atoms with van der Waals surface area (Å²) >= 11 is 9.18. The molecule has 4 heteroatoms. The predicted molar refractivity (Wildman–Crippen MR) is 70.9 cm³/mol. The Balaban J connectivity index is 2.26. The van der Waals surface area contributed by atoms with Crippen LogP contribution >= 0.6 is 27.5 Å². The number of rotatable bonds is 6. The highest BCUT2D eigenvalue weighted by molar-refractivity contribution is 9.09. The third-order valence-electron chi connectivity index (χ3n) is 2.17. The second-order valence-corrected chi connectivity index (χ2v) is 4.78. The van der Waals surface area contributed by atoms with E-state index in [4.69, 9.17) is 11.6 Å². The largest absolute Gasteiger partial charge is 0.352 e. The Morgan fingerprint density at radius 2 is 2.19 bits per heavy atom. The smallest absolute Gasteiger partial charge is 0.220 e. The van der Waals surface area contributed by atoms with Gasteiger partial charge in [-0.05, 0) is 30.5 Å². The maximum atomic E-state index is 11.4. The van der Waals surface area contributed by atoms with Gasteiger partial charge in [0.2, 0.25) is 5.91 Å². The van der Waals surface area contributed by atoms with Crippen molar-refractivity contribution >= 4 is 33.4 Å². The van der Waals surface area contributed by atoms with E-state index in [2.05, 4.69) is 21.2 Å². The van der Waals surface area contributed by atoms with Crippen LogP contribution in [0, 0.1) is 0 Å². The van der Waals surface area contributed by atoms with E-state index >= 15 is 0 Å². The predicted octanol–water partition coefficient (Wildman–Crippen LogP) is 3.52. The zero-order valence-electron chi connectivity index (χ0n) is 9.01. The molecule has 2 nitrogen and oxygen atoms in total. The lowest BCUT2D eigenvalue weighted by molar-refractivity contribution is -0.121. The number of alkyl halides is 1. The fourth-order valence-electron chi connectivity index (χ4n) is 1.32. The quantitative estimate of drug-likeness (QED) is 0.632. The number of halogens is 2. The SMILES string of the molecule is O=C(CCCCBr)NCc1cccc(Cl)c1. The molecule has 0 spiro atoms. The van der Waals surface area contributed by atoms with Crippen molar-refractivity contribution in [1.29, 1.82) is 0 Å². The van der Waals surface area contributed by atoms with Crippen LogP contribution in [-0.4, -0.2) is 11.2 Å². The van der Waals surface area contributed by atoms with Crippen molar-refractivity contribution in [2.45, 2.75) is 25.8 Å². The Kier molecular flexibility index (Phi) is 6.50. The normalized spacial score (nSPS) is 10.1. The van der Waals surface area contributed by atoms with Crippen molar-refractivity contribution in [3.8, 4) is 0 Å². The number of carbonyl (C=O) groups is 1. The van der Waals surface area contributed by atoms with Crippen LogP contribution in [0.4, 0.5) is 0 Å². The summed E-state index contributed by atoms with van der Waals surface area (Å²) in [6, 6.07) is 7.52. The minimum absolute atomic E-state index is 0.0981. The Morgan fingerprint density at radius 3 is 2.88 bits per heavy atom. The number of hydrogen-bond donors (Lipinski definition) is 1. The average molecular weight is 305 g/mol. The van der Waals surface area contributed by atoms with Gasteiger partial charge in [0.25, 0.3) is 0 Å². The molecule has 0 aliphatic rings.